The van der Waals surface area contributed by atoms with Gasteiger partial charge in [0, 0.05) is 0 Å². The predicted octanol–water partition coefficient (Wildman–Crippen LogP) is 1.37. The first kappa shape index (κ1) is 13.8. The smallest absolute Gasteiger partial charge is 0.313 e. The zero-order valence-electron chi connectivity index (χ0n) is 12.0. The van der Waals surface area contributed by atoms with Crippen molar-refractivity contribution in [3.8, 4) is 0 Å². The molecule has 1 aromatic rings. The van der Waals surface area contributed by atoms with Crippen molar-refractivity contribution in [2.45, 2.75) is 20.4 Å². The van der Waals surface area contributed by atoms with E-state index in [2.05, 4.69) is 0 Å². The number of nitrogens with zero attached hydrogens (tertiary/aromatic N) is 1. The average Bonchev–Trinajstić information content (AvgIpc) is 3.04. The summed E-state index contributed by atoms with van der Waals surface area (Å²) in [6.07, 6.45) is 0. The number of esters is 1. The molecule has 1 heterocycles. The predicted molar refractivity (Wildman–Crippen MR) is 73.7 cm³/mol. The molecule has 1 saturated heterocycles. The summed E-state index contributed by atoms with van der Waals surface area (Å²) < 4.78 is 4.99. The summed E-state index contributed by atoms with van der Waals surface area (Å²) in [6.45, 7) is 3.88. The van der Waals surface area contributed by atoms with Gasteiger partial charge in [-0.2, -0.15) is 0 Å². The zero-order chi connectivity index (χ0) is 15.2. The molecule has 21 heavy (non-hydrogen) atoms. The van der Waals surface area contributed by atoms with E-state index in [1.165, 1.54) is 4.90 Å². The lowest BCUT2D eigenvalue weighted by atomic mass is 10.0. The highest BCUT2D eigenvalue weighted by atomic mass is 16.5. The highest BCUT2D eigenvalue weighted by Crippen LogP contribution is 2.64. The third-order valence-electron chi connectivity index (χ3n) is 4.48. The van der Waals surface area contributed by atoms with Crippen LogP contribution in [0.5, 0.6) is 0 Å². The van der Waals surface area contributed by atoms with E-state index in [4.69, 9.17) is 4.74 Å². The van der Waals surface area contributed by atoms with Gasteiger partial charge in [-0.1, -0.05) is 30.3 Å². The van der Waals surface area contributed by atoms with Gasteiger partial charge in [0.2, 0.25) is 11.8 Å². The van der Waals surface area contributed by atoms with Crippen molar-refractivity contribution in [3.63, 3.8) is 0 Å². The highest BCUT2D eigenvalue weighted by Gasteiger charge is 2.79. The van der Waals surface area contributed by atoms with Gasteiger partial charge in [0.1, 0.15) is 0 Å². The third-order valence-corrected chi connectivity index (χ3v) is 4.48. The lowest BCUT2D eigenvalue weighted by molar-refractivity contribution is -0.157. The molecule has 0 aromatic heterocycles. The Labute approximate surface area is 122 Å². The van der Waals surface area contributed by atoms with Crippen LogP contribution in [-0.2, 0) is 25.7 Å². The van der Waals surface area contributed by atoms with Crippen molar-refractivity contribution in [1.82, 2.24) is 4.90 Å². The molecule has 2 amide bonds. The normalized spacial score (nSPS) is 30.3. The van der Waals surface area contributed by atoms with E-state index < -0.39 is 23.2 Å². The molecular weight excluding hydrogens is 270 g/mol. The van der Waals surface area contributed by atoms with E-state index in [0.717, 1.165) is 5.56 Å². The van der Waals surface area contributed by atoms with Crippen LogP contribution >= 0.6 is 0 Å². The molecule has 1 aliphatic carbocycles. The van der Waals surface area contributed by atoms with E-state index >= 15 is 0 Å². The molecule has 0 radical (unpaired) electrons. The van der Waals surface area contributed by atoms with Crippen LogP contribution in [0.4, 0.5) is 0 Å². The minimum absolute atomic E-state index is 0.254. The summed E-state index contributed by atoms with van der Waals surface area (Å²) in [5, 5.41) is 0. The maximum atomic E-state index is 12.4. The summed E-state index contributed by atoms with van der Waals surface area (Å²) in [4.78, 5) is 38.0. The fraction of sp³-hybridized carbons (Fsp3) is 0.438. The Morgan fingerprint density at radius 1 is 1.19 bits per heavy atom. The number of benzene rings is 1. The van der Waals surface area contributed by atoms with Gasteiger partial charge in [-0.05, 0) is 19.4 Å². The Kier molecular flexibility index (Phi) is 3.08. The molecule has 110 valence electrons. The second-order valence-electron chi connectivity index (χ2n) is 5.71. The summed E-state index contributed by atoms with van der Waals surface area (Å²) in [6, 6.07) is 9.35. The number of carbonyl (C=O) groups excluding carboxylic acids is 3. The molecule has 0 spiro atoms. The van der Waals surface area contributed by atoms with Crippen LogP contribution < -0.4 is 0 Å². The monoisotopic (exact) mass is 287 g/mol. The summed E-state index contributed by atoms with van der Waals surface area (Å²) in [5.41, 5.74) is -0.0597. The number of fused-ring (bicyclic) bond motifs is 1. The van der Waals surface area contributed by atoms with Crippen LogP contribution in [0, 0.1) is 17.3 Å². The van der Waals surface area contributed by atoms with Crippen LogP contribution in [0.25, 0.3) is 0 Å². The van der Waals surface area contributed by atoms with Gasteiger partial charge in [-0.15, -0.1) is 0 Å². The van der Waals surface area contributed by atoms with Gasteiger partial charge in [0.15, 0.2) is 0 Å². The SMILES string of the molecule is CCOC(=O)C1(C)C2C(=O)N(Cc3ccccc3)C(=O)C21. The molecule has 0 N–H and O–H groups in total. The van der Waals surface area contributed by atoms with Crippen molar-refractivity contribution < 1.29 is 19.1 Å². The van der Waals surface area contributed by atoms with Crippen LogP contribution in [0.3, 0.4) is 0 Å². The van der Waals surface area contributed by atoms with Crippen molar-refractivity contribution in [1.29, 1.82) is 0 Å². The Bertz CT molecular complexity index is 588. The number of imide groups is 1. The van der Waals surface area contributed by atoms with E-state index in [1.54, 1.807) is 13.8 Å². The Morgan fingerprint density at radius 3 is 2.29 bits per heavy atom. The topological polar surface area (TPSA) is 63.7 Å². The molecule has 5 heteroatoms. The number of amides is 2. The number of rotatable bonds is 4. The van der Waals surface area contributed by atoms with Gasteiger partial charge in [0.05, 0.1) is 30.4 Å². The van der Waals surface area contributed by atoms with Gasteiger partial charge < -0.3 is 4.74 Å². The maximum Gasteiger partial charge on any atom is 0.313 e. The van der Waals surface area contributed by atoms with Crippen molar-refractivity contribution in [2.24, 2.45) is 17.3 Å². The number of piperidine rings is 1. The Morgan fingerprint density at radius 2 is 1.76 bits per heavy atom. The van der Waals surface area contributed by atoms with Crippen LogP contribution in [-0.4, -0.2) is 29.3 Å². The first-order valence-electron chi connectivity index (χ1n) is 7.08. The first-order valence-corrected chi connectivity index (χ1v) is 7.08. The number of carbonyl (C=O) groups is 3. The Hall–Kier alpha value is -2.17. The standard InChI is InChI=1S/C16H17NO4/c1-3-21-15(20)16(2)11-12(16)14(19)17(13(11)18)9-10-7-5-4-6-8-10/h4-8,11-12H,3,9H2,1-2H3. The van der Waals surface area contributed by atoms with Crippen molar-refractivity contribution in [3.05, 3.63) is 35.9 Å². The summed E-state index contributed by atoms with van der Waals surface area (Å²) in [5.74, 6) is -2.06. The zero-order valence-corrected chi connectivity index (χ0v) is 12.0. The van der Waals surface area contributed by atoms with Crippen LogP contribution in [0.15, 0.2) is 30.3 Å². The van der Waals surface area contributed by atoms with Crippen molar-refractivity contribution >= 4 is 17.8 Å². The van der Waals surface area contributed by atoms with E-state index in [1.807, 2.05) is 30.3 Å². The van der Waals surface area contributed by atoms with E-state index in [0.29, 0.717) is 0 Å². The molecule has 0 bridgehead atoms. The summed E-state index contributed by atoms with van der Waals surface area (Å²) >= 11 is 0. The third kappa shape index (κ3) is 1.87. The van der Waals surface area contributed by atoms with Crippen LogP contribution in [0.2, 0.25) is 0 Å². The molecule has 1 aliphatic heterocycles. The highest BCUT2D eigenvalue weighted by molar-refractivity contribution is 6.15. The minimum atomic E-state index is -0.961. The van der Waals surface area contributed by atoms with Crippen molar-refractivity contribution in [2.75, 3.05) is 6.61 Å². The molecule has 1 aromatic carbocycles. The molecule has 2 fully saturated rings. The lowest BCUT2D eigenvalue weighted by Crippen LogP contribution is -2.39. The van der Waals surface area contributed by atoms with E-state index in [9.17, 15) is 14.4 Å². The van der Waals surface area contributed by atoms with Gasteiger partial charge >= 0.3 is 5.97 Å². The Balaban J connectivity index is 1.76. The number of hydrogen-bond donors (Lipinski definition) is 0. The quantitative estimate of drug-likeness (QED) is 0.620. The van der Waals surface area contributed by atoms with Crippen LogP contribution in [0.1, 0.15) is 19.4 Å². The second kappa shape index (κ2) is 4.69. The second-order valence-corrected chi connectivity index (χ2v) is 5.71. The number of hydrogen-bond acceptors (Lipinski definition) is 4. The largest absolute Gasteiger partial charge is 0.466 e. The molecule has 3 rings (SSSR count). The molecule has 5 nitrogen and oxygen atoms in total. The summed E-state index contributed by atoms with van der Waals surface area (Å²) in [7, 11) is 0. The molecular formula is C16H17NO4. The van der Waals surface area contributed by atoms with Gasteiger partial charge in [0.25, 0.3) is 0 Å². The molecule has 1 saturated carbocycles. The fourth-order valence-corrected chi connectivity index (χ4v) is 3.22. The minimum Gasteiger partial charge on any atom is -0.466 e. The number of likely N-dealkylation sites (tertiary alicyclic amines) is 1. The first-order chi connectivity index (χ1) is 10.0. The van der Waals surface area contributed by atoms with E-state index in [-0.39, 0.29) is 25.0 Å². The molecule has 2 unspecified atom stereocenters. The number of ether oxygens (including phenoxy) is 1. The average molecular weight is 287 g/mol. The van der Waals surface area contributed by atoms with Gasteiger partial charge in [-0.25, -0.2) is 0 Å². The molecule has 2 atom stereocenters. The molecule has 2 aliphatic rings. The van der Waals surface area contributed by atoms with Gasteiger partial charge in [-0.3, -0.25) is 19.3 Å². The fourth-order valence-electron chi connectivity index (χ4n) is 3.22. The lowest BCUT2D eigenvalue weighted by Gasteiger charge is -2.21. The maximum absolute atomic E-state index is 12.4.